The molecule has 1 aromatic heterocycles. The molecule has 1 fully saturated rings. The fourth-order valence-electron chi connectivity index (χ4n) is 3.22. The molecule has 27 heavy (non-hydrogen) atoms. The molecule has 1 aliphatic rings. The van der Waals surface area contributed by atoms with Crippen LogP contribution in [0.5, 0.6) is 5.75 Å². The number of amides is 2. The third-order valence-electron chi connectivity index (χ3n) is 4.91. The van der Waals surface area contributed by atoms with Crippen molar-refractivity contribution in [3.05, 3.63) is 53.5 Å². The van der Waals surface area contributed by atoms with Crippen LogP contribution in [0.4, 0.5) is 0 Å². The maximum absolute atomic E-state index is 12.9. The number of nitrogens with one attached hydrogen (secondary N) is 1. The second-order valence-electron chi connectivity index (χ2n) is 7.03. The Kier molecular flexibility index (Phi) is 6.16. The zero-order valence-corrected chi connectivity index (χ0v) is 15.9. The molecule has 1 saturated heterocycles. The van der Waals surface area contributed by atoms with Gasteiger partial charge < -0.3 is 19.4 Å². The highest BCUT2D eigenvalue weighted by molar-refractivity contribution is 5.95. The van der Waals surface area contributed by atoms with Crippen molar-refractivity contribution in [2.24, 2.45) is 5.92 Å². The maximum Gasteiger partial charge on any atom is 0.257 e. The van der Waals surface area contributed by atoms with Crippen LogP contribution in [-0.4, -0.2) is 36.3 Å². The lowest BCUT2D eigenvalue weighted by atomic mass is 9.96. The van der Waals surface area contributed by atoms with E-state index in [0.29, 0.717) is 36.9 Å². The van der Waals surface area contributed by atoms with E-state index in [2.05, 4.69) is 5.32 Å². The molecule has 6 nitrogen and oxygen atoms in total. The van der Waals surface area contributed by atoms with Gasteiger partial charge in [0, 0.05) is 26.6 Å². The highest BCUT2D eigenvalue weighted by Gasteiger charge is 2.26. The van der Waals surface area contributed by atoms with Gasteiger partial charge in [-0.2, -0.15) is 0 Å². The maximum atomic E-state index is 12.9. The van der Waals surface area contributed by atoms with E-state index in [4.69, 9.17) is 9.15 Å². The summed E-state index contributed by atoms with van der Waals surface area (Å²) in [5, 5.41) is 2.86. The van der Waals surface area contributed by atoms with E-state index in [1.54, 1.807) is 6.07 Å². The summed E-state index contributed by atoms with van der Waals surface area (Å²) >= 11 is 0. The summed E-state index contributed by atoms with van der Waals surface area (Å²) in [4.78, 5) is 25.7. The molecular weight excluding hydrogens is 344 g/mol. The molecule has 0 spiro atoms. The summed E-state index contributed by atoms with van der Waals surface area (Å²) in [6.07, 6.45) is 3.31. The number of likely N-dealkylation sites (tertiary alicyclic amines) is 1. The van der Waals surface area contributed by atoms with Crippen LogP contribution in [0.3, 0.4) is 0 Å². The van der Waals surface area contributed by atoms with Crippen LogP contribution < -0.4 is 10.1 Å². The summed E-state index contributed by atoms with van der Waals surface area (Å²) in [5.41, 5.74) is 1.72. The van der Waals surface area contributed by atoms with Crippen molar-refractivity contribution in [1.82, 2.24) is 10.2 Å². The largest absolute Gasteiger partial charge is 0.486 e. The number of hydrogen-bond donors (Lipinski definition) is 1. The van der Waals surface area contributed by atoms with E-state index in [0.717, 1.165) is 24.2 Å². The van der Waals surface area contributed by atoms with Crippen LogP contribution >= 0.6 is 0 Å². The standard InChI is InChI=1S/C21H26N2O4/c1-15-3-5-18(6-4-15)27-14-20-19(9-12-26-20)21(25)23-10-7-17(8-11-23)13-22-16(2)24/h3-6,9,12,17H,7-8,10-11,13-14H2,1-2H3,(H,22,24). The number of carbonyl (C=O) groups excluding carboxylic acids is 2. The molecule has 2 aromatic rings. The average Bonchev–Trinajstić information content (AvgIpc) is 3.14. The molecule has 6 heteroatoms. The predicted octanol–water partition coefficient (Wildman–Crippen LogP) is 3.16. The first-order valence-electron chi connectivity index (χ1n) is 9.32. The van der Waals surface area contributed by atoms with E-state index >= 15 is 0 Å². The minimum atomic E-state index is -0.0239. The first-order chi connectivity index (χ1) is 13.0. The Hall–Kier alpha value is -2.76. The Labute approximate surface area is 159 Å². The zero-order valence-electron chi connectivity index (χ0n) is 15.9. The Morgan fingerprint density at radius 1 is 1.19 bits per heavy atom. The smallest absolute Gasteiger partial charge is 0.257 e. The van der Waals surface area contributed by atoms with Gasteiger partial charge >= 0.3 is 0 Å². The number of benzene rings is 1. The molecule has 0 aliphatic carbocycles. The lowest BCUT2D eigenvalue weighted by Gasteiger charge is -2.32. The fourth-order valence-corrected chi connectivity index (χ4v) is 3.22. The number of carbonyl (C=O) groups is 2. The Morgan fingerprint density at radius 2 is 1.89 bits per heavy atom. The summed E-state index contributed by atoms with van der Waals surface area (Å²) in [7, 11) is 0. The van der Waals surface area contributed by atoms with Gasteiger partial charge in [-0.25, -0.2) is 0 Å². The molecule has 3 rings (SSSR count). The lowest BCUT2D eigenvalue weighted by Crippen LogP contribution is -2.41. The Bertz CT molecular complexity index is 774. The van der Waals surface area contributed by atoms with Crippen LogP contribution in [-0.2, 0) is 11.4 Å². The molecule has 2 amide bonds. The van der Waals surface area contributed by atoms with Crippen molar-refractivity contribution in [3.8, 4) is 5.75 Å². The highest BCUT2D eigenvalue weighted by Crippen LogP contribution is 2.22. The third kappa shape index (κ3) is 5.12. The van der Waals surface area contributed by atoms with Gasteiger partial charge in [-0.3, -0.25) is 9.59 Å². The van der Waals surface area contributed by atoms with Crippen LogP contribution in [0.2, 0.25) is 0 Å². The summed E-state index contributed by atoms with van der Waals surface area (Å²) < 4.78 is 11.2. The number of ether oxygens (including phenoxy) is 1. The summed E-state index contributed by atoms with van der Waals surface area (Å²) in [6.45, 7) is 5.82. The second kappa shape index (κ2) is 8.75. The normalized spacial score (nSPS) is 14.8. The monoisotopic (exact) mass is 370 g/mol. The van der Waals surface area contributed by atoms with Crippen molar-refractivity contribution in [2.45, 2.75) is 33.3 Å². The number of aryl methyl sites for hydroxylation is 1. The average molecular weight is 370 g/mol. The van der Waals surface area contributed by atoms with Gasteiger partial charge in [-0.05, 0) is 43.9 Å². The van der Waals surface area contributed by atoms with Crippen molar-refractivity contribution in [1.29, 1.82) is 0 Å². The van der Waals surface area contributed by atoms with Crippen LogP contribution in [0, 0.1) is 12.8 Å². The second-order valence-corrected chi connectivity index (χ2v) is 7.03. The topological polar surface area (TPSA) is 71.8 Å². The molecule has 0 radical (unpaired) electrons. The van der Waals surface area contributed by atoms with E-state index < -0.39 is 0 Å². The lowest BCUT2D eigenvalue weighted by molar-refractivity contribution is -0.119. The Morgan fingerprint density at radius 3 is 2.56 bits per heavy atom. The van der Waals surface area contributed by atoms with Crippen LogP contribution in [0.25, 0.3) is 0 Å². The van der Waals surface area contributed by atoms with E-state index in [1.165, 1.54) is 13.2 Å². The number of rotatable bonds is 6. The van der Waals surface area contributed by atoms with Gasteiger partial charge in [-0.15, -0.1) is 0 Å². The summed E-state index contributed by atoms with van der Waals surface area (Å²) in [5.74, 6) is 1.68. The molecule has 0 saturated carbocycles. The van der Waals surface area contributed by atoms with Gasteiger partial charge in [-0.1, -0.05) is 17.7 Å². The highest BCUT2D eigenvalue weighted by atomic mass is 16.5. The molecule has 1 aliphatic heterocycles. The van der Waals surface area contributed by atoms with Crippen molar-refractivity contribution < 1.29 is 18.7 Å². The molecule has 0 unspecified atom stereocenters. The van der Waals surface area contributed by atoms with Crippen LogP contribution in [0.1, 0.15) is 41.4 Å². The molecule has 0 bridgehead atoms. The molecular formula is C21H26N2O4. The Balaban J connectivity index is 1.54. The first kappa shape index (κ1) is 19.0. The van der Waals surface area contributed by atoms with Crippen LogP contribution in [0.15, 0.2) is 41.0 Å². The first-order valence-corrected chi connectivity index (χ1v) is 9.32. The number of piperidine rings is 1. The molecule has 1 N–H and O–H groups in total. The van der Waals surface area contributed by atoms with Gasteiger partial charge in [0.25, 0.3) is 5.91 Å². The van der Waals surface area contributed by atoms with Gasteiger partial charge in [0.1, 0.15) is 12.4 Å². The molecule has 0 atom stereocenters. The number of furan rings is 1. The predicted molar refractivity (Wildman–Crippen MR) is 102 cm³/mol. The van der Waals surface area contributed by atoms with Crippen molar-refractivity contribution in [3.63, 3.8) is 0 Å². The minimum absolute atomic E-state index is 0.00915. The van der Waals surface area contributed by atoms with E-state index in [9.17, 15) is 9.59 Å². The van der Waals surface area contributed by atoms with E-state index in [-0.39, 0.29) is 18.4 Å². The third-order valence-corrected chi connectivity index (χ3v) is 4.91. The SMILES string of the molecule is CC(=O)NCC1CCN(C(=O)c2ccoc2COc2ccc(C)cc2)CC1. The number of hydrogen-bond acceptors (Lipinski definition) is 4. The summed E-state index contributed by atoms with van der Waals surface area (Å²) in [6, 6.07) is 9.47. The fraction of sp³-hybridized carbons (Fsp3) is 0.429. The molecule has 1 aromatic carbocycles. The molecule has 144 valence electrons. The number of nitrogens with zero attached hydrogens (tertiary/aromatic N) is 1. The van der Waals surface area contributed by atoms with E-state index in [1.807, 2.05) is 36.1 Å². The van der Waals surface area contributed by atoms with Crippen molar-refractivity contribution in [2.75, 3.05) is 19.6 Å². The quantitative estimate of drug-likeness (QED) is 0.848. The molecule has 2 heterocycles. The zero-order chi connectivity index (χ0) is 19.2. The van der Waals surface area contributed by atoms with Gasteiger partial charge in [0.2, 0.25) is 5.91 Å². The minimum Gasteiger partial charge on any atom is -0.486 e. The van der Waals surface area contributed by atoms with Gasteiger partial charge in [0.05, 0.1) is 11.8 Å². The van der Waals surface area contributed by atoms with Gasteiger partial charge in [0.15, 0.2) is 5.76 Å². The van der Waals surface area contributed by atoms with Crippen molar-refractivity contribution >= 4 is 11.8 Å².